The lowest BCUT2D eigenvalue weighted by molar-refractivity contribution is 0.265. The summed E-state index contributed by atoms with van der Waals surface area (Å²) < 4.78 is 0. The molecule has 3 nitrogen and oxygen atoms in total. The van der Waals surface area contributed by atoms with Crippen LogP contribution in [0.4, 0.5) is 0 Å². The first kappa shape index (κ1) is 9.58. The van der Waals surface area contributed by atoms with E-state index in [0.29, 0.717) is 5.15 Å². The Morgan fingerprint density at radius 3 is 2.87 bits per heavy atom. The number of piperidine rings is 1. The molecule has 1 aromatic rings. The molecule has 2 N–H and O–H groups in total. The van der Waals surface area contributed by atoms with E-state index in [4.69, 9.17) is 11.6 Å². The van der Waals surface area contributed by atoms with E-state index in [1.807, 2.05) is 6.07 Å². The van der Waals surface area contributed by atoms with Crippen LogP contribution in [0.25, 0.3) is 0 Å². The molecule has 0 saturated carbocycles. The lowest BCUT2D eigenvalue weighted by Crippen LogP contribution is -2.46. The molecule has 0 radical (unpaired) electrons. The van der Waals surface area contributed by atoms with Gasteiger partial charge in [-0.15, -0.1) is 0 Å². The molecule has 2 aliphatic rings. The Balaban J connectivity index is 2.03. The molecular formula is C11H14ClN3. The summed E-state index contributed by atoms with van der Waals surface area (Å²) in [4.78, 5) is 4.39. The molecular weight excluding hydrogens is 210 g/mol. The van der Waals surface area contributed by atoms with Gasteiger partial charge in [0.15, 0.2) is 0 Å². The minimum absolute atomic E-state index is 0.165. The first-order chi connectivity index (χ1) is 7.30. The van der Waals surface area contributed by atoms with E-state index in [1.54, 1.807) is 0 Å². The monoisotopic (exact) mass is 223 g/mol. The van der Waals surface area contributed by atoms with Crippen molar-refractivity contribution < 1.29 is 0 Å². The second-order valence-electron chi connectivity index (χ2n) is 4.31. The van der Waals surface area contributed by atoms with Crippen molar-refractivity contribution in [3.05, 3.63) is 28.5 Å². The standard InChI is InChI=1S/C11H14ClN3/c12-10-2-1-8-9(15-10)7-14-11(8)3-5-13-6-4-11/h1-2,13-14H,3-7H2. The maximum absolute atomic E-state index is 5.90. The van der Waals surface area contributed by atoms with Gasteiger partial charge in [-0.25, -0.2) is 4.98 Å². The van der Waals surface area contributed by atoms with Gasteiger partial charge < -0.3 is 10.6 Å². The van der Waals surface area contributed by atoms with Gasteiger partial charge in [-0.2, -0.15) is 0 Å². The number of fused-ring (bicyclic) bond motifs is 2. The topological polar surface area (TPSA) is 37.0 Å². The number of nitrogens with one attached hydrogen (secondary N) is 2. The maximum atomic E-state index is 5.90. The molecule has 0 amide bonds. The SMILES string of the molecule is Clc1ccc2c(n1)CNC21CCNCC1. The molecule has 80 valence electrons. The van der Waals surface area contributed by atoms with Crippen LogP contribution in [0, 0.1) is 0 Å². The summed E-state index contributed by atoms with van der Waals surface area (Å²) in [6.07, 6.45) is 2.28. The van der Waals surface area contributed by atoms with Crippen LogP contribution in [-0.2, 0) is 12.1 Å². The summed E-state index contributed by atoms with van der Waals surface area (Å²) >= 11 is 5.90. The summed E-state index contributed by atoms with van der Waals surface area (Å²) in [7, 11) is 0. The van der Waals surface area contributed by atoms with Crippen LogP contribution in [0.3, 0.4) is 0 Å². The van der Waals surface area contributed by atoms with Crippen LogP contribution >= 0.6 is 11.6 Å². The van der Waals surface area contributed by atoms with Gasteiger partial charge >= 0.3 is 0 Å². The summed E-state index contributed by atoms with van der Waals surface area (Å²) in [5.41, 5.74) is 2.65. The molecule has 0 aromatic carbocycles. The van der Waals surface area contributed by atoms with E-state index < -0.39 is 0 Å². The molecule has 1 spiro atoms. The van der Waals surface area contributed by atoms with Crippen LogP contribution in [0.2, 0.25) is 5.15 Å². The largest absolute Gasteiger partial charge is 0.317 e. The van der Waals surface area contributed by atoms with Crippen molar-refractivity contribution in [2.75, 3.05) is 13.1 Å². The summed E-state index contributed by atoms with van der Waals surface area (Å²) in [5, 5.41) is 7.59. The third-order valence-corrected chi connectivity index (χ3v) is 3.72. The average molecular weight is 224 g/mol. The Labute approximate surface area is 94.2 Å². The fourth-order valence-electron chi connectivity index (χ4n) is 2.69. The molecule has 0 aliphatic carbocycles. The number of pyridine rings is 1. The molecule has 3 heterocycles. The van der Waals surface area contributed by atoms with E-state index >= 15 is 0 Å². The highest BCUT2D eigenvalue weighted by molar-refractivity contribution is 6.29. The number of hydrogen-bond acceptors (Lipinski definition) is 3. The Kier molecular flexibility index (Phi) is 2.20. The lowest BCUT2D eigenvalue weighted by Gasteiger charge is -2.35. The fourth-order valence-corrected chi connectivity index (χ4v) is 2.86. The summed E-state index contributed by atoms with van der Waals surface area (Å²) in [6.45, 7) is 3.01. The van der Waals surface area contributed by atoms with Gasteiger partial charge in [0, 0.05) is 12.1 Å². The Bertz CT molecular complexity index is 385. The van der Waals surface area contributed by atoms with Crippen LogP contribution in [0.1, 0.15) is 24.1 Å². The second-order valence-corrected chi connectivity index (χ2v) is 4.70. The second kappa shape index (κ2) is 3.44. The summed E-state index contributed by atoms with van der Waals surface area (Å²) in [5.74, 6) is 0. The van der Waals surface area contributed by atoms with Crippen molar-refractivity contribution in [3.8, 4) is 0 Å². The highest BCUT2D eigenvalue weighted by Crippen LogP contribution is 2.37. The average Bonchev–Trinajstić information content (AvgIpc) is 2.58. The highest BCUT2D eigenvalue weighted by Gasteiger charge is 2.39. The minimum Gasteiger partial charge on any atom is -0.317 e. The van der Waals surface area contributed by atoms with Gasteiger partial charge in [-0.05, 0) is 37.6 Å². The highest BCUT2D eigenvalue weighted by atomic mass is 35.5. The molecule has 1 saturated heterocycles. The zero-order valence-electron chi connectivity index (χ0n) is 8.52. The molecule has 4 heteroatoms. The van der Waals surface area contributed by atoms with Crippen molar-refractivity contribution in [2.45, 2.75) is 24.9 Å². The quantitative estimate of drug-likeness (QED) is 0.654. The molecule has 0 atom stereocenters. The Morgan fingerprint density at radius 1 is 1.27 bits per heavy atom. The number of aromatic nitrogens is 1. The smallest absolute Gasteiger partial charge is 0.129 e. The van der Waals surface area contributed by atoms with Crippen molar-refractivity contribution >= 4 is 11.6 Å². The van der Waals surface area contributed by atoms with Crippen molar-refractivity contribution in [1.82, 2.24) is 15.6 Å². The van der Waals surface area contributed by atoms with E-state index in [1.165, 1.54) is 5.56 Å². The van der Waals surface area contributed by atoms with E-state index in [9.17, 15) is 0 Å². The normalized spacial score (nSPS) is 23.0. The summed E-state index contributed by atoms with van der Waals surface area (Å²) in [6, 6.07) is 4.03. The third-order valence-electron chi connectivity index (χ3n) is 3.51. The van der Waals surface area contributed by atoms with Gasteiger partial charge in [-0.1, -0.05) is 17.7 Å². The van der Waals surface area contributed by atoms with E-state index in [-0.39, 0.29) is 5.54 Å². The molecule has 3 rings (SSSR count). The van der Waals surface area contributed by atoms with Gasteiger partial charge in [0.25, 0.3) is 0 Å². The van der Waals surface area contributed by atoms with Crippen molar-refractivity contribution in [3.63, 3.8) is 0 Å². The zero-order chi connectivity index (χ0) is 10.3. The van der Waals surface area contributed by atoms with Crippen molar-refractivity contribution in [1.29, 1.82) is 0 Å². The van der Waals surface area contributed by atoms with Gasteiger partial charge in [0.05, 0.1) is 5.69 Å². The fraction of sp³-hybridized carbons (Fsp3) is 0.545. The lowest BCUT2D eigenvalue weighted by atomic mass is 9.83. The molecule has 1 aromatic heterocycles. The number of hydrogen-bond donors (Lipinski definition) is 2. The van der Waals surface area contributed by atoms with Crippen LogP contribution in [-0.4, -0.2) is 18.1 Å². The number of rotatable bonds is 0. The number of nitrogens with zero attached hydrogens (tertiary/aromatic N) is 1. The molecule has 1 fully saturated rings. The van der Waals surface area contributed by atoms with Crippen LogP contribution < -0.4 is 10.6 Å². The van der Waals surface area contributed by atoms with Crippen LogP contribution in [0.15, 0.2) is 12.1 Å². The zero-order valence-corrected chi connectivity index (χ0v) is 9.27. The number of halogens is 1. The molecule has 2 aliphatic heterocycles. The van der Waals surface area contributed by atoms with E-state index in [0.717, 1.165) is 38.2 Å². The first-order valence-electron chi connectivity index (χ1n) is 5.42. The molecule has 0 unspecified atom stereocenters. The van der Waals surface area contributed by atoms with Crippen LogP contribution in [0.5, 0.6) is 0 Å². The predicted octanol–water partition coefficient (Wildman–Crippen LogP) is 1.42. The van der Waals surface area contributed by atoms with E-state index in [2.05, 4.69) is 21.7 Å². The maximum Gasteiger partial charge on any atom is 0.129 e. The minimum atomic E-state index is 0.165. The van der Waals surface area contributed by atoms with Gasteiger partial charge in [-0.3, -0.25) is 0 Å². The Hall–Kier alpha value is -0.640. The predicted molar refractivity (Wildman–Crippen MR) is 59.9 cm³/mol. The molecule has 0 bridgehead atoms. The third kappa shape index (κ3) is 1.46. The van der Waals surface area contributed by atoms with Gasteiger partial charge in [0.2, 0.25) is 0 Å². The van der Waals surface area contributed by atoms with Gasteiger partial charge in [0.1, 0.15) is 5.15 Å². The first-order valence-corrected chi connectivity index (χ1v) is 5.80. The Morgan fingerprint density at radius 2 is 2.07 bits per heavy atom. The van der Waals surface area contributed by atoms with Crippen molar-refractivity contribution in [2.24, 2.45) is 0 Å². The molecule has 15 heavy (non-hydrogen) atoms.